The minimum Gasteiger partial charge on any atom is -0.467 e. The maximum absolute atomic E-state index is 12.5. The van der Waals surface area contributed by atoms with Crippen LogP contribution in [0.25, 0.3) is 0 Å². The number of nitriles is 1. The van der Waals surface area contributed by atoms with Crippen LogP contribution in [0.4, 0.5) is 11.4 Å². The Balaban J connectivity index is 1.94. The fourth-order valence-electron chi connectivity index (χ4n) is 2.41. The number of anilines is 1. The number of nitro groups is 1. The predicted octanol–water partition coefficient (Wildman–Crippen LogP) is 1.21. The second kappa shape index (κ2) is 7.42. The molecule has 3 aromatic rings. The molecule has 0 atom stereocenters. The highest BCUT2D eigenvalue weighted by Gasteiger charge is 2.18. The van der Waals surface area contributed by atoms with Gasteiger partial charge in [-0.1, -0.05) is 0 Å². The van der Waals surface area contributed by atoms with Crippen molar-refractivity contribution < 1.29 is 14.1 Å². The van der Waals surface area contributed by atoms with Crippen molar-refractivity contribution in [1.29, 1.82) is 5.26 Å². The first-order valence-electron chi connectivity index (χ1n) is 7.75. The molecule has 3 rings (SSSR count). The number of aromatic amines is 1. The van der Waals surface area contributed by atoms with Crippen molar-refractivity contribution in [3.63, 3.8) is 0 Å². The molecule has 1 aromatic carbocycles. The van der Waals surface area contributed by atoms with E-state index in [9.17, 15) is 24.5 Å². The van der Waals surface area contributed by atoms with Crippen molar-refractivity contribution in [2.75, 3.05) is 5.32 Å². The van der Waals surface area contributed by atoms with Crippen molar-refractivity contribution in [2.45, 2.75) is 6.54 Å². The van der Waals surface area contributed by atoms with Crippen LogP contribution in [-0.2, 0) is 6.54 Å². The number of nitrogens with zero attached hydrogens (tertiary/aromatic N) is 3. The van der Waals surface area contributed by atoms with E-state index in [1.165, 1.54) is 12.3 Å². The van der Waals surface area contributed by atoms with E-state index in [0.717, 1.165) is 22.9 Å². The molecule has 0 spiro atoms. The number of aromatic nitrogens is 2. The molecule has 0 bridgehead atoms. The quantitative estimate of drug-likeness (QED) is 0.495. The molecule has 28 heavy (non-hydrogen) atoms. The number of carbonyl (C=O) groups excluding carboxylic acids is 1. The summed E-state index contributed by atoms with van der Waals surface area (Å²) in [6.07, 6.45) is 2.33. The lowest BCUT2D eigenvalue weighted by Gasteiger charge is -2.08. The van der Waals surface area contributed by atoms with Crippen LogP contribution in [0.15, 0.2) is 56.8 Å². The van der Waals surface area contributed by atoms with Gasteiger partial charge in [-0.2, -0.15) is 5.26 Å². The molecule has 0 saturated heterocycles. The van der Waals surface area contributed by atoms with Crippen LogP contribution in [0, 0.1) is 21.4 Å². The first-order chi connectivity index (χ1) is 13.4. The zero-order chi connectivity index (χ0) is 20.3. The van der Waals surface area contributed by atoms with Gasteiger partial charge in [0.15, 0.2) is 0 Å². The summed E-state index contributed by atoms with van der Waals surface area (Å²) in [5.74, 6) is -0.549. The molecule has 11 nitrogen and oxygen atoms in total. The van der Waals surface area contributed by atoms with Crippen molar-refractivity contribution in [3.05, 3.63) is 90.6 Å². The fourth-order valence-corrected chi connectivity index (χ4v) is 2.41. The minimum absolute atomic E-state index is 0.0127. The molecule has 0 aliphatic heterocycles. The van der Waals surface area contributed by atoms with Gasteiger partial charge < -0.3 is 14.7 Å². The lowest BCUT2D eigenvalue weighted by atomic mass is 10.1. The summed E-state index contributed by atoms with van der Waals surface area (Å²) in [4.78, 5) is 49.3. The lowest BCUT2D eigenvalue weighted by molar-refractivity contribution is -0.384. The molecule has 0 saturated carbocycles. The minimum atomic E-state index is -0.889. The number of hydrogen-bond donors (Lipinski definition) is 2. The summed E-state index contributed by atoms with van der Waals surface area (Å²) in [7, 11) is 0. The Labute approximate surface area is 155 Å². The van der Waals surface area contributed by atoms with Gasteiger partial charge in [0.25, 0.3) is 17.2 Å². The third kappa shape index (κ3) is 3.56. The van der Waals surface area contributed by atoms with Crippen molar-refractivity contribution in [2.24, 2.45) is 0 Å². The first-order valence-corrected chi connectivity index (χ1v) is 7.75. The summed E-state index contributed by atoms with van der Waals surface area (Å²) in [6, 6.07) is 8.18. The third-order valence-corrected chi connectivity index (χ3v) is 3.78. The molecule has 0 fully saturated rings. The molecule has 11 heteroatoms. The van der Waals surface area contributed by atoms with Crippen LogP contribution in [0.1, 0.15) is 21.7 Å². The van der Waals surface area contributed by atoms with Gasteiger partial charge in [0.2, 0.25) is 0 Å². The van der Waals surface area contributed by atoms with E-state index in [1.54, 1.807) is 18.2 Å². The van der Waals surface area contributed by atoms with E-state index in [-0.39, 0.29) is 29.0 Å². The third-order valence-electron chi connectivity index (χ3n) is 3.78. The van der Waals surface area contributed by atoms with Gasteiger partial charge in [0.1, 0.15) is 17.4 Å². The van der Waals surface area contributed by atoms with Gasteiger partial charge in [-0.05, 0) is 18.2 Å². The molecule has 1 amide bonds. The van der Waals surface area contributed by atoms with Crippen LogP contribution in [0.5, 0.6) is 0 Å². The highest BCUT2D eigenvalue weighted by molar-refractivity contribution is 6.04. The Morgan fingerprint density at radius 1 is 1.36 bits per heavy atom. The summed E-state index contributed by atoms with van der Waals surface area (Å²) < 4.78 is 5.89. The zero-order valence-electron chi connectivity index (χ0n) is 14.0. The molecule has 140 valence electrons. The summed E-state index contributed by atoms with van der Waals surface area (Å²) in [5.41, 5.74) is -2.46. The predicted molar refractivity (Wildman–Crippen MR) is 94.9 cm³/mol. The Kier molecular flexibility index (Phi) is 4.86. The average molecular weight is 381 g/mol. The van der Waals surface area contributed by atoms with Gasteiger partial charge in [0.05, 0.1) is 29.0 Å². The van der Waals surface area contributed by atoms with E-state index in [0.29, 0.717) is 5.76 Å². The van der Waals surface area contributed by atoms with Crippen LogP contribution < -0.4 is 16.6 Å². The van der Waals surface area contributed by atoms with Gasteiger partial charge in [-0.15, -0.1) is 0 Å². The standard InChI is InChI=1S/C17H11N5O6/c18-7-10-6-11(22(26)27)3-4-14(10)20-15(23)13-8-19-17(25)21(16(13)24)9-12-2-1-5-28-12/h1-6,8H,9H2,(H,19,25)(H,20,23). The van der Waals surface area contributed by atoms with Crippen molar-refractivity contribution in [3.8, 4) is 6.07 Å². The van der Waals surface area contributed by atoms with E-state index >= 15 is 0 Å². The average Bonchev–Trinajstić information content (AvgIpc) is 3.18. The molecular formula is C17H11N5O6. The van der Waals surface area contributed by atoms with E-state index in [4.69, 9.17) is 9.68 Å². The van der Waals surface area contributed by atoms with Gasteiger partial charge in [-0.3, -0.25) is 24.3 Å². The first kappa shape index (κ1) is 18.3. The maximum atomic E-state index is 12.5. The summed E-state index contributed by atoms with van der Waals surface area (Å²) in [6.45, 7) is -0.177. The number of furan rings is 1. The van der Waals surface area contributed by atoms with Crippen LogP contribution in [-0.4, -0.2) is 20.4 Å². The lowest BCUT2D eigenvalue weighted by Crippen LogP contribution is -2.39. The molecule has 2 heterocycles. The number of hydrogen-bond acceptors (Lipinski definition) is 7. The number of non-ortho nitro benzene ring substituents is 1. The Morgan fingerprint density at radius 3 is 2.79 bits per heavy atom. The largest absolute Gasteiger partial charge is 0.467 e. The molecule has 2 aromatic heterocycles. The molecule has 0 aliphatic rings. The topological polar surface area (TPSA) is 164 Å². The van der Waals surface area contributed by atoms with E-state index in [2.05, 4.69) is 10.3 Å². The van der Waals surface area contributed by atoms with Crippen LogP contribution >= 0.6 is 0 Å². The molecule has 0 aliphatic carbocycles. The number of H-pyrrole nitrogens is 1. The van der Waals surface area contributed by atoms with Gasteiger partial charge >= 0.3 is 5.69 Å². The molecular weight excluding hydrogens is 370 g/mol. The second-order valence-corrected chi connectivity index (χ2v) is 5.53. The Hall–Kier alpha value is -4.46. The maximum Gasteiger partial charge on any atom is 0.328 e. The number of benzene rings is 1. The normalized spacial score (nSPS) is 10.2. The zero-order valence-corrected chi connectivity index (χ0v) is 14.0. The fraction of sp³-hybridized carbons (Fsp3) is 0.0588. The highest BCUT2D eigenvalue weighted by atomic mass is 16.6. The molecule has 0 unspecified atom stereocenters. The number of nitro benzene ring substituents is 1. The molecule has 2 N–H and O–H groups in total. The number of amides is 1. The number of rotatable bonds is 5. The monoisotopic (exact) mass is 381 g/mol. The number of nitrogens with one attached hydrogen (secondary N) is 2. The SMILES string of the molecule is N#Cc1cc([N+](=O)[O-])ccc1NC(=O)c1c[nH]c(=O)n(Cc2ccco2)c1=O. The number of carbonyl (C=O) groups is 1. The summed E-state index contributed by atoms with van der Waals surface area (Å²) >= 11 is 0. The summed E-state index contributed by atoms with van der Waals surface area (Å²) in [5, 5.41) is 22.3. The highest BCUT2D eigenvalue weighted by Crippen LogP contribution is 2.21. The van der Waals surface area contributed by atoms with E-state index < -0.39 is 22.1 Å². The Bertz CT molecular complexity index is 1220. The molecule has 0 radical (unpaired) electrons. The van der Waals surface area contributed by atoms with E-state index in [1.807, 2.05) is 0 Å². The van der Waals surface area contributed by atoms with Gasteiger partial charge in [-0.25, -0.2) is 4.79 Å². The smallest absolute Gasteiger partial charge is 0.328 e. The second-order valence-electron chi connectivity index (χ2n) is 5.53. The van der Waals surface area contributed by atoms with Crippen LogP contribution in [0.2, 0.25) is 0 Å². The van der Waals surface area contributed by atoms with Gasteiger partial charge in [0, 0.05) is 18.3 Å². The van der Waals surface area contributed by atoms with Crippen molar-refractivity contribution in [1.82, 2.24) is 9.55 Å². The van der Waals surface area contributed by atoms with Crippen molar-refractivity contribution >= 4 is 17.3 Å². The Morgan fingerprint density at radius 2 is 2.14 bits per heavy atom. The van der Waals surface area contributed by atoms with Crippen LogP contribution in [0.3, 0.4) is 0 Å².